The highest BCUT2D eigenvalue weighted by Gasteiger charge is 2.31. The van der Waals surface area contributed by atoms with Crippen molar-refractivity contribution in [3.05, 3.63) is 29.8 Å². The van der Waals surface area contributed by atoms with Crippen molar-refractivity contribution in [3.8, 4) is 0 Å². The van der Waals surface area contributed by atoms with Crippen LogP contribution in [0.4, 0.5) is 0 Å². The van der Waals surface area contributed by atoms with E-state index in [1.165, 1.54) is 31.3 Å². The second-order valence-electron chi connectivity index (χ2n) is 8.55. The number of rotatable bonds is 17. The SMILES string of the molecule is CC(=N)CCCC[C@@H](C=O)NC(=O)CN(C)C(=O)[C@H](CCC(=O)O)NS(=O)(=O)c1ccccc1C(=N)N. The third-order valence-corrected chi connectivity index (χ3v) is 6.82. The number of carboxylic acid groups (broad SMARTS) is 1. The fourth-order valence-electron chi connectivity index (χ4n) is 3.42. The Morgan fingerprint density at radius 3 is 2.35 bits per heavy atom. The van der Waals surface area contributed by atoms with Gasteiger partial charge in [-0.3, -0.25) is 19.8 Å². The van der Waals surface area contributed by atoms with Gasteiger partial charge < -0.3 is 31.3 Å². The molecule has 37 heavy (non-hydrogen) atoms. The molecule has 7 N–H and O–H groups in total. The maximum Gasteiger partial charge on any atom is 0.303 e. The Hall–Kier alpha value is -3.65. The van der Waals surface area contributed by atoms with Gasteiger partial charge in [0.15, 0.2) is 0 Å². The molecule has 0 aliphatic carbocycles. The molecule has 1 rings (SSSR count). The van der Waals surface area contributed by atoms with Crippen molar-refractivity contribution in [3.63, 3.8) is 0 Å². The second-order valence-corrected chi connectivity index (χ2v) is 10.2. The van der Waals surface area contributed by atoms with Crippen molar-refractivity contribution >= 4 is 45.6 Å². The smallest absolute Gasteiger partial charge is 0.303 e. The lowest BCUT2D eigenvalue weighted by molar-refractivity contribution is -0.139. The summed E-state index contributed by atoms with van der Waals surface area (Å²) in [6, 6.07) is 3.09. The summed E-state index contributed by atoms with van der Waals surface area (Å²) in [5.74, 6) is -3.28. The molecular formula is C23H34N6O7S. The number of unbranched alkanes of at least 4 members (excludes halogenated alkanes) is 1. The van der Waals surface area contributed by atoms with E-state index in [2.05, 4.69) is 10.0 Å². The van der Waals surface area contributed by atoms with E-state index in [-0.39, 0.29) is 10.5 Å². The van der Waals surface area contributed by atoms with E-state index in [0.29, 0.717) is 37.7 Å². The summed E-state index contributed by atoms with van der Waals surface area (Å²) in [6.45, 7) is 1.18. The van der Waals surface area contributed by atoms with Crippen LogP contribution in [0.15, 0.2) is 29.2 Å². The number of aldehydes is 1. The highest BCUT2D eigenvalue weighted by atomic mass is 32.2. The fraction of sp³-hybridized carbons (Fsp3) is 0.478. The fourth-order valence-corrected chi connectivity index (χ4v) is 4.86. The van der Waals surface area contributed by atoms with Crippen molar-refractivity contribution in [2.45, 2.75) is 62.4 Å². The lowest BCUT2D eigenvalue weighted by Crippen LogP contribution is -2.50. The molecule has 204 valence electrons. The summed E-state index contributed by atoms with van der Waals surface area (Å²) in [5, 5.41) is 26.6. The number of benzene rings is 1. The molecular weight excluding hydrogens is 504 g/mol. The van der Waals surface area contributed by atoms with Crippen molar-refractivity contribution in [1.29, 1.82) is 10.8 Å². The summed E-state index contributed by atoms with van der Waals surface area (Å²) < 4.78 is 28.2. The number of aliphatic carboxylic acids is 1. The van der Waals surface area contributed by atoms with Gasteiger partial charge >= 0.3 is 5.97 Å². The van der Waals surface area contributed by atoms with E-state index in [9.17, 15) is 27.6 Å². The molecule has 2 atom stereocenters. The Bertz CT molecular complexity index is 1120. The van der Waals surface area contributed by atoms with Crippen molar-refractivity contribution in [1.82, 2.24) is 14.9 Å². The van der Waals surface area contributed by atoms with Gasteiger partial charge in [0, 0.05) is 24.7 Å². The molecule has 0 aromatic heterocycles. The van der Waals surface area contributed by atoms with Gasteiger partial charge in [0.25, 0.3) is 0 Å². The summed E-state index contributed by atoms with van der Waals surface area (Å²) in [4.78, 5) is 48.4. The lowest BCUT2D eigenvalue weighted by atomic mass is 10.1. The summed E-state index contributed by atoms with van der Waals surface area (Å²) >= 11 is 0. The molecule has 1 aromatic rings. The zero-order chi connectivity index (χ0) is 28.2. The molecule has 0 heterocycles. The van der Waals surface area contributed by atoms with E-state index < -0.39 is 65.1 Å². The van der Waals surface area contributed by atoms with Gasteiger partial charge in [-0.1, -0.05) is 18.6 Å². The molecule has 13 nitrogen and oxygen atoms in total. The Labute approximate surface area is 215 Å². The molecule has 0 saturated heterocycles. The van der Waals surface area contributed by atoms with Gasteiger partial charge in [-0.25, -0.2) is 8.42 Å². The van der Waals surface area contributed by atoms with E-state index in [1.807, 2.05) is 0 Å². The van der Waals surface area contributed by atoms with Crippen LogP contribution in [0, 0.1) is 10.8 Å². The number of nitrogens with two attached hydrogens (primary N) is 1. The molecule has 0 aliphatic rings. The Morgan fingerprint density at radius 2 is 1.78 bits per heavy atom. The molecule has 0 fully saturated rings. The van der Waals surface area contributed by atoms with Crippen molar-refractivity contribution < 1.29 is 32.7 Å². The predicted molar refractivity (Wildman–Crippen MR) is 136 cm³/mol. The number of nitrogens with zero attached hydrogens (tertiary/aromatic N) is 1. The monoisotopic (exact) mass is 538 g/mol. The average Bonchev–Trinajstić information content (AvgIpc) is 2.82. The van der Waals surface area contributed by atoms with E-state index in [0.717, 1.165) is 4.90 Å². The summed E-state index contributed by atoms with van der Waals surface area (Å²) in [6.07, 6.45) is 1.88. The van der Waals surface area contributed by atoms with Crippen molar-refractivity contribution in [2.24, 2.45) is 5.73 Å². The number of amides is 2. The van der Waals surface area contributed by atoms with Gasteiger partial charge in [-0.05, 0) is 44.7 Å². The number of hydrogen-bond acceptors (Lipinski definition) is 8. The predicted octanol–water partition coefficient (Wildman–Crippen LogP) is 0.225. The first-order valence-corrected chi connectivity index (χ1v) is 13.0. The number of nitrogen functional groups attached to an aromatic ring is 1. The highest BCUT2D eigenvalue weighted by Crippen LogP contribution is 2.17. The average molecular weight is 539 g/mol. The van der Waals surface area contributed by atoms with Crippen LogP contribution in [0.5, 0.6) is 0 Å². The van der Waals surface area contributed by atoms with Crippen molar-refractivity contribution in [2.75, 3.05) is 13.6 Å². The summed E-state index contributed by atoms with van der Waals surface area (Å²) in [5.41, 5.74) is 5.89. The third kappa shape index (κ3) is 10.9. The van der Waals surface area contributed by atoms with Crippen LogP contribution in [0.3, 0.4) is 0 Å². The van der Waals surface area contributed by atoms with E-state index in [1.54, 1.807) is 6.92 Å². The van der Waals surface area contributed by atoms with E-state index in [4.69, 9.17) is 21.7 Å². The maximum atomic E-state index is 13.0. The zero-order valence-electron chi connectivity index (χ0n) is 20.8. The molecule has 0 saturated carbocycles. The van der Waals surface area contributed by atoms with Crippen LogP contribution >= 0.6 is 0 Å². The number of likely N-dealkylation sites (N-methyl/N-ethyl adjacent to an activating group) is 1. The normalized spacial score (nSPS) is 12.7. The highest BCUT2D eigenvalue weighted by molar-refractivity contribution is 7.89. The molecule has 14 heteroatoms. The molecule has 0 radical (unpaired) electrons. The maximum absolute atomic E-state index is 13.0. The topological polar surface area (TPSA) is 224 Å². The number of carbonyl (C=O) groups excluding carboxylic acids is 3. The Kier molecular flexibility index (Phi) is 12.6. The molecule has 0 spiro atoms. The Morgan fingerprint density at radius 1 is 1.14 bits per heavy atom. The van der Waals surface area contributed by atoms with Crippen LogP contribution in [0.25, 0.3) is 0 Å². The number of hydrogen-bond donors (Lipinski definition) is 6. The van der Waals surface area contributed by atoms with Crippen LogP contribution in [-0.2, 0) is 29.2 Å². The van der Waals surface area contributed by atoms with Gasteiger partial charge in [-0.15, -0.1) is 0 Å². The minimum atomic E-state index is -4.41. The first-order chi connectivity index (χ1) is 17.3. The van der Waals surface area contributed by atoms with E-state index >= 15 is 0 Å². The molecule has 0 unspecified atom stereocenters. The first-order valence-electron chi connectivity index (χ1n) is 11.5. The zero-order valence-corrected chi connectivity index (χ0v) is 21.6. The Balaban J connectivity index is 2.94. The number of nitrogens with one attached hydrogen (secondary N) is 4. The summed E-state index contributed by atoms with van der Waals surface area (Å²) in [7, 11) is -3.16. The molecule has 0 aliphatic heterocycles. The first kappa shape index (κ1) is 31.4. The molecule has 0 bridgehead atoms. The van der Waals surface area contributed by atoms with Crippen LogP contribution in [0.2, 0.25) is 0 Å². The number of carbonyl (C=O) groups is 4. The van der Waals surface area contributed by atoms with Gasteiger partial charge in [0.2, 0.25) is 21.8 Å². The lowest BCUT2D eigenvalue weighted by Gasteiger charge is -2.25. The number of amidine groups is 1. The molecule has 1 aromatic carbocycles. The second kappa shape index (κ2) is 14.8. The van der Waals surface area contributed by atoms with Gasteiger partial charge in [-0.2, -0.15) is 4.72 Å². The largest absolute Gasteiger partial charge is 0.481 e. The van der Waals surface area contributed by atoms with Gasteiger partial charge in [0.1, 0.15) is 18.2 Å². The number of carboxylic acids is 1. The number of sulfonamides is 1. The van der Waals surface area contributed by atoms with Crippen LogP contribution < -0.4 is 15.8 Å². The van der Waals surface area contributed by atoms with Crippen LogP contribution in [-0.4, -0.2) is 79.7 Å². The van der Waals surface area contributed by atoms with Crippen LogP contribution in [0.1, 0.15) is 51.0 Å². The van der Waals surface area contributed by atoms with Gasteiger partial charge in [0.05, 0.1) is 17.5 Å². The third-order valence-electron chi connectivity index (χ3n) is 5.29. The molecule has 2 amide bonds. The minimum absolute atomic E-state index is 0.0946. The standard InChI is InChI=1S/C23H34N6O7S/c1-15(24)7-3-4-8-16(14-30)27-20(31)13-29(2)23(34)18(11-12-21(32)33)28-37(35,36)19-10-6-5-9-17(19)22(25)26/h5-6,9-10,14,16,18,24,28H,3-4,7-8,11-13H2,1-2H3,(H3,25,26)(H,27,31)(H,32,33)/t16-,18-/m0/s1. The minimum Gasteiger partial charge on any atom is -0.481 e. The quantitative estimate of drug-likeness (QED) is 0.0694.